The van der Waals surface area contributed by atoms with Gasteiger partial charge in [0, 0.05) is 4.88 Å². The first-order chi connectivity index (χ1) is 6.65. The van der Waals surface area contributed by atoms with Gasteiger partial charge in [-0.3, -0.25) is 0 Å². The Morgan fingerprint density at radius 1 is 1.57 bits per heavy atom. The summed E-state index contributed by atoms with van der Waals surface area (Å²) >= 11 is 7.54. The van der Waals surface area contributed by atoms with E-state index in [9.17, 15) is 0 Å². The molecule has 0 aromatic carbocycles. The summed E-state index contributed by atoms with van der Waals surface area (Å²) in [7, 11) is 0. The van der Waals surface area contributed by atoms with Crippen molar-refractivity contribution in [3.05, 3.63) is 27.4 Å². The Morgan fingerprint density at radius 3 is 2.71 bits per heavy atom. The van der Waals surface area contributed by atoms with E-state index in [-0.39, 0.29) is 0 Å². The van der Waals surface area contributed by atoms with Gasteiger partial charge in [0.15, 0.2) is 0 Å². The van der Waals surface area contributed by atoms with Gasteiger partial charge >= 0.3 is 0 Å². The zero-order valence-corrected chi connectivity index (χ0v) is 10.2. The molecule has 0 aliphatic heterocycles. The first-order valence-electron chi connectivity index (χ1n) is 4.81. The van der Waals surface area contributed by atoms with E-state index in [0.717, 1.165) is 10.8 Å². The van der Waals surface area contributed by atoms with E-state index < -0.39 is 0 Å². The molecule has 78 valence electrons. The van der Waals surface area contributed by atoms with E-state index in [1.165, 1.54) is 10.5 Å². The first kappa shape index (κ1) is 11.8. The number of hydrogen-bond acceptors (Lipinski definition) is 2. The zero-order chi connectivity index (χ0) is 10.6. The Hall–Kier alpha value is -0.310. The number of allylic oxidation sites excluding steroid dienone is 1. The maximum absolute atomic E-state index is 5.91. The van der Waals surface area contributed by atoms with Gasteiger partial charge in [0.1, 0.15) is 0 Å². The molecule has 2 N–H and O–H groups in total. The predicted molar refractivity (Wildman–Crippen MR) is 65.8 cm³/mol. The fourth-order valence-corrected chi connectivity index (χ4v) is 2.56. The van der Waals surface area contributed by atoms with Crippen LogP contribution in [0.15, 0.2) is 18.2 Å². The summed E-state index contributed by atoms with van der Waals surface area (Å²) in [5.74, 6) is 0.524. The molecule has 0 amide bonds. The first-order valence-corrected chi connectivity index (χ1v) is 6.00. The van der Waals surface area contributed by atoms with Gasteiger partial charge in [-0.25, -0.2) is 0 Å². The lowest BCUT2D eigenvalue weighted by atomic mass is 10.0. The zero-order valence-electron chi connectivity index (χ0n) is 8.59. The van der Waals surface area contributed by atoms with Crippen molar-refractivity contribution in [3.63, 3.8) is 0 Å². The van der Waals surface area contributed by atoms with Crippen LogP contribution in [0.2, 0.25) is 4.34 Å². The lowest BCUT2D eigenvalue weighted by Gasteiger charge is -2.08. The minimum Gasteiger partial charge on any atom is -0.330 e. The molecular formula is C11H16ClNS. The molecule has 14 heavy (non-hydrogen) atoms. The monoisotopic (exact) mass is 229 g/mol. The fourth-order valence-electron chi connectivity index (χ4n) is 1.33. The molecule has 0 saturated heterocycles. The number of halogens is 1. The van der Waals surface area contributed by atoms with Gasteiger partial charge in [-0.15, -0.1) is 11.3 Å². The van der Waals surface area contributed by atoms with Crippen LogP contribution in [0.1, 0.15) is 25.1 Å². The van der Waals surface area contributed by atoms with Crippen molar-refractivity contribution in [1.29, 1.82) is 0 Å². The molecule has 1 aromatic heterocycles. The summed E-state index contributed by atoms with van der Waals surface area (Å²) in [5, 5.41) is 0. The molecule has 0 aliphatic carbocycles. The van der Waals surface area contributed by atoms with Gasteiger partial charge < -0.3 is 5.73 Å². The van der Waals surface area contributed by atoms with Gasteiger partial charge in [-0.2, -0.15) is 0 Å². The van der Waals surface area contributed by atoms with Crippen LogP contribution < -0.4 is 5.73 Å². The smallest absolute Gasteiger partial charge is 0.0934 e. The third-order valence-electron chi connectivity index (χ3n) is 2.01. The predicted octanol–water partition coefficient (Wildman–Crippen LogP) is 3.79. The van der Waals surface area contributed by atoms with Crippen LogP contribution in [0.4, 0.5) is 0 Å². The molecule has 0 unspecified atom stereocenters. The SMILES string of the molecule is CC(C)/C(=C\CCN)c1ccc(Cl)s1. The quantitative estimate of drug-likeness (QED) is 0.836. The molecule has 1 heterocycles. The van der Waals surface area contributed by atoms with Crippen molar-refractivity contribution in [1.82, 2.24) is 0 Å². The highest BCUT2D eigenvalue weighted by atomic mass is 35.5. The van der Waals surface area contributed by atoms with E-state index in [1.807, 2.05) is 6.07 Å². The van der Waals surface area contributed by atoms with Crippen molar-refractivity contribution >= 4 is 28.5 Å². The van der Waals surface area contributed by atoms with Gasteiger partial charge in [-0.1, -0.05) is 31.5 Å². The second-order valence-electron chi connectivity index (χ2n) is 3.50. The molecule has 0 spiro atoms. The second kappa shape index (κ2) is 5.54. The van der Waals surface area contributed by atoms with E-state index in [0.29, 0.717) is 12.5 Å². The maximum atomic E-state index is 5.91. The Labute approximate surface area is 94.6 Å². The van der Waals surface area contributed by atoms with Gasteiger partial charge in [0.25, 0.3) is 0 Å². The highest BCUT2D eigenvalue weighted by Gasteiger charge is 2.08. The number of hydrogen-bond donors (Lipinski definition) is 1. The lowest BCUT2D eigenvalue weighted by Crippen LogP contribution is -1.98. The highest BCUT2D eigenvalue weighted by Crippen LogP contribution is 2.32. The average Bonchev–Trinajstić information content (AvgIpc) is 2.52. The van der Waals surface area contributed by atoms with Crippen LogP contribution in [-0.2, 0) is 0 Å². The van der Waals surface area contributed by atoms with Crippen LogP contribution in [0.5, 0.6) is 0 Å². The highest BCUT2D eigenvalue weighted by molar-refractivity contribution is 7.17. The van der Waals surface area contributed by atoms with Crippen LogP contribution >= 0.6 is 22.9 Å². The van der Waals surface area contributed by atoms with Crippen molar-refractivity contribution in [2.24, 2.45) is 11.7 Å². The molecule has 0 fully saturated rings. The molecular weight excluding hydrogens is 214 g/mol. The molecule has 1 aromatic rings. The summed E-state index contributed by atoms with van der Waals surface area (Å²) in [5.41, 5.74) is 6.85. The average molecular weight is 230 g/mol. The Morgan fingerprint density at radius 2 is 2.29 bits per heavy atom. The molecule has 0 saturated carbocycles. The summed E-state index contributed by atoms with van der Waals surface area (Å²) in [6.07, 6.45) is 3.15. The van der Waals surface area contributed by atoms with Crippen molar-refractivity contribution in [3.8, 4) is 0 Å². The number of rotatable bonds is 4. The standard InChI is InChI=1S/C11H16ClNS/c1-8(2)9(4-3-7-13)10-5-6-11(12)14-10/h4-6,8H,3,7,13H2,1-2H3/b9-4+. The maximum Gasteiger partial charge on any atom is 0.0934 e. The summed E-state index contributed by atoms with van der Waals surface area (Å²) in [4.78, 5) is 1.26. The molecule has 3 heteroatoms. The van der Waals surface area contributed by atoms with Crippen molar-refractivity contribution < 1.29 is 0 Å². The van der Waals surface area contributed by atoms with E-state index in [2.05, 4.69) is 26.0 Å². The van der Waals surface area contributed by atoms with Crippen LogP contribution in [0.3, 0.4) is 0 Å². The van der Waals surface area contributed by atoms with Gasteiger partial charge in [0.2, 0.25) is 0 Å². The van der Waals surface area contributed by atoms with Crippen molar-refractivity contribution in [2.45, 2.75) is 20.3 Å². The Bertz CT molecular complexity index is 315. The largest absolute Gasteiger partial charge is 0.330 e. The Balaban J connectivity index is 2.88. The summed E-state index contributed by atoms with van der Waals surface area (Å²) < 4.78 is 0.847. The number of nitrogens with two attached hydrogens (primary N) is 1. The lowest BCUT2D eigenvalue weighted by molar-refractivity contribution is 0.850. The summed E-state index contributed by atoms with van der Waals surface area (Å²) in [6.45, 7) is 5.08. The van der Waals surface area contributed by atoms with E-state index >= 15 is 0 Å². The minimum absolute atomic E-state index is 0.524. The molecule has 0 aliphatic rings. The molecule has 0 bridgehead atoms. The van der Waals surface area contributed by atoms with Crippen molar-refractivity contribution in [2.75, 3.05) is 6.54 Å². The van der Waals surface area contributed by atoms with Crippen LogP contribution in [-0.4, -0.2) is 6.54 Å². The summed E-state index contributed by atoms with van der Waals surface area (Å²) in [6, 6.07) is 4.02. The van der Waals surface area contributed by atoms with E-state index in [1.54, 1.807) is 11.3 Å². The minimum atomic E-state index is 0.524. The molecule has 0 atom stereocenters. The molecule has 0 radical (unpaired) electrons. The normalized spacial score (nSPS) is 12.5. The molecule has 1 nitrogen and oxygen atoms in total. The second-order valence-corrected chi connectivity index (χ2v) is 5.21. The third-order valence-corrected chi connectivity index (χ3v) is 3.29. The third kappa shape index (κ3) is 3.12. The number of thiophene rings is 1. The van der Waals surface area contributed by atoms with Crippen LogP contribution in [0.25, 0.3) is 5.57 Å². The van der Waals surface area contributed by atoms with Crippen LogP contribution in [0, 0.1) is 5.92 Å². The topological polar surface area (TPSA) is 26.0 Å². The van der Waals surface area contributed by atoms with Gasteiger partial charge in [-0.05, 0) is 36.6 Å². The van der Waals surface area contributed by atoms with Gasteiger partial charge in [0.05, 0.1) is 4.34 Å². The van der Waals surface area contributed by atoms with E-state index in [4.69, 9.17) is 17.3 Å². The molecule has 1 rings (SSSR count). The Kier molecular flexibility index (Phi) is 4.66. The fraction of sp³-hybridized carbons (Fsp3) is 0.455.